The molecule has 17 heavy (non-hydrogen) atoms. The van der Waals surface area contributed by atoms with Crippen LogP contribution in [0.1, 0.15) is 23.3 Å². The number of hydrogen-bond acceptors (Lipinski definition) is 5. The second-order valence-corrected chi connectivity index (χ2v) is 3.26. The van der Waals surface area contributed by atoms with Crippen molar-refractivity contribution in [3.63, 3.8) is 0 Å². The number of rotatable bonds is 5. The Morgan fingerprint density at radius 1 is 1.59 bits per heavy atom. The van der Waals surface area contributed by atoms with Crippen molar-refractivity contribution in [2.45, 2.75) is 12.8 Å². The van der Waals surface area contributed by atoms with Gasteiger partial charge in [-0.25, -0.2) is 5.10 Å². The number of oxime groups is 1. The molecule has 1 heterocycles. The molecule has 1 amide bonds. The van der Waals surface area contributed by atoms with Crippen LogP contribution in [0.4, 0.5) is 0 Å². The van der Waals surface area contributed by atoms with Gasteiger partial charge in [0.25, 0.3) is 11.5 Å². The van der Waals surface area contributed by atoms with E-state index in [4.69, 9.17) is 10.9 Å². The highest BCUT2D eigenvalue weighted by Gasteiger charge is 2.06. The Morgan fingerprint density at radius 3 is 2.94 bits per heavy atom. The minimum absolute atomic E-state index is 0.112. The number of carbonyl (C=O) groups excluding carboxylic acids is 1. The first-order chi connectivity index (χ1) is 8.13. The summed E-state index contributed by atoms with van der Waals surface area (Å²) in [7, 11) is 0. The fraction of sp³-hybridized carbons (Fsp3) is 0.333. The molecule has 5 N–H and O–H groups in total. The Hall–Kier alpha value is -2.38. The van der Waals surface area contributed by atoms with E-state index in [0.717, 1.165) is 0 Å². The number of nitrogens with two attached hydrogens (primary N) is 1. The molecule has 1 aromatic rings. The average Bonchev–Trinajstić information content (AvgIpc) is 2.34. The SMILES string of the molecule is N/C(CCCNC(=O)c1ccc(=O)[nH]n1)=N/O. The summed E-state index contributed by atoms with van der Waals surface area (Å²) < 4.78 is 0. The van der Waals surface area contributed by atoms with E-state index in [9.17, 15) is 9.59 Å². The molecular formula is C9H13N5O3. The number of nitrogens with zero attached hydrogens (tertiary/aromatic N) is 2. The van der Waals surface area contributed by atoms with Crippen molar-refractivity contribution in [1.29, 1.82) is 0 Å². The minimum atomic E-state index is -0.388. The smallest absolute Gasteiger partial charge is 0.271 e. The van der Waals surface area contributed by atoms with Gasteiger partial charge in [0.2, 0.25) is 0 Å². The van der Waals surface area contributed by atoms with Gasteiger partial charge in [-0.2, -0.15) is 5.10 Å². The van der Waals surface area contributed by atoms with Crippen LogP contribution in [0.5, 0.6) is 0 Å². The predicted molar refractivity (Wildman–Crippen MR) is 59.8 cm³/mol. The van der Waals surface area contributed by atoms with Crippen LogP contribution in [0.2, 0.25) is 0 Å². The van der Waals surface area contributed by atoms with Crippen molar-refractivity contribution in [1.82, 2.24) is 15.5 Å². The van der Waals surface area contributed by atoms with Gasteiger partial charge < -0.3 is 16.3 Å². The van der Waals surface area contributed by atoms with Crippen molar-refractivity contribution < 1.29 is 10.0 Å². The van der Waals surface area contributed by atoms with Gasteiger partial charge in [-0.05, 0) is 12.5 Å². The second kappa shape index (κ2) is 6.26. The van der Waals surface area contributed by atoms with Crippen LogP contribution in [0.3, 0.4) is 0 Å². The van der Waals surface area contributed by atoms with Crippen LogP contribution in [-0.4, -0.2) is 33.7 Å². The molecule has 0 radical (unpaired) electrons. The lowest BCUT2D eigenvalue weighted by atomic mass is 10.3. The monoisotopic (exact) mass is 239 g/mol. The van der Waals surface area contributed by atoms with Gasteiger partial charge in [0.1, 0.15) is 11.5 Å². The number of hydrogen-bond donors (Lipinski definition) is 4. The highest BCUT2D eigenvalue weighted by Crippen LogP contribution is 1.91. The van der Waals surface area contributed by atoms with Crippen LogP contribution in [0, 0.1) is 0 Å². The number of amidine groups is 1. The van der Waals surface area contributed by atoms with E-state index in [1.807, 2.05) is 0 Å². The zero-order valence-electron chi connectivity index (χ0n) is 9.01. The summed E-state index contributed by atoms with van der Waals surface area (Å²) in [6.07, 6.45) is 0.931. The molecule has 8 nitrogen and oxygen atoms in total. The molecule has 0 spiro atoms. The van der Waals surface area contributed by atoms with E-state index in [2.05, 4.69) is 20.7 Å². The standard InChI is InChI=1S/C9H13N5O3/c10-7(14-17)2-1-5-11-9(16)6-3-4-8(15)13-12-6/h3-4,17H,1-2,5H2,(H2,10,14)(H,11,16)(H,13,15). The molecule has 0 atom stereocenters. The summed E-state index contributed by atoms with van der Waals surface area (Å²) in [6.45, 7) is 0.371. The molecule has 0 aliphatic heterocycles. The third kappa shape index (κ3) is 4.33. The Balaban J connectivity index is 2.35. The van der Waals surface area contributed by atoms with Crippen LogP contribution in [0.15, 0.2) is 22.1 Å². The number of aromatic nitrogens is 2. The third-order valence-electron chi connectivity index (χ3n) is 1.94. The third-order valence-corrected chi connectivity index (χ3v) is 1.94. The first-order valence-electron chi connectivity index (χ1n) is 4.94. The number of H-pyrrole nitrogens is 1. The van der Waals surface area contributed by atoms with E-state index >= 15 is 0 Å². The number of nitrogens with one attached hydrogen (secondary N) is 2. The van der Waals surface area contributed by atoms with Crippen molar-refractivity contribution >= 4 is 11.7 Å². The molecule has 0 aliphatic rings. The maximum atomic E-state index is 11.5. The lowest BCUT2D eigenvalue weighted by Gasteiger charge is -2.03. The van der Waals surface area contributed by atoms with Crippen molar-refractivity contribution in [3.8, 4) is 0 Å². The molecule has 0 saturated carbocycles. The van der Waals surface area contributed by atoms with Gasteiger partial charge in [-0.1, -0.05) is 5.16 Å². The second-order valence-electron chi connectivity index (χ2n) is 3.26. The molecule has 0 aliphatic carbocycles. The van der Waals surface area contributed by atoms with Crippen LogP contribution >= 0.6 is 0 Å². The quantitative estimate of drug-likeness (QED) is 0.172. The molecule has 92 valence electrons. The zero-order valence-corrected chi connectivity index (χ0v) is 9.01. The van der Waals surface area contributed by atoms with Crippen LogP contribution < -0.4 is 16.6 Å². The first-order valence-corrected chi connectivity index (χ1v) is 4.94. The van der Waals surface area contributed by atoms with Gasteiger partial charge in [0, 0.05) is 19.0 Å². The molecule has 0 saturated heterocycles. The van der Waals surface area contributed by atoms with E-state index in [0.29, 0.717) is 19.4 Å². The summed E-state index contributed by atoms with van der Waals surface area (Å²) in [5.74, 6) is -0.276. The maximum Gasteiger partial charge on any atom is 0.271 e. The van der Waals surface area contributed by atoms with Crippen molar-refractivity contribution in [2.24, 2.45) is 10.9 Å². The normalized spacial score (nSPS) is 11.2. The van der Waals surface area contributed by atoms with Crippen LogP contribution in [-0.2, 0) is 0 Å². The highest BCUT2D eigenvalue weighted by molar-refractivity contribution is 5.91. The lowest BCUT2D eigenvalue weighted by Crippen LogP contribution is -2.27. The molecule has 0 unspecified atom stereocenters. The Morgan fingerprint density at radius 2 is 2.35 bits per heavy atom. The van der Waals surface area contributed by atoms with Crippen molar-refractivity contribution in [2.75, 3.05) is 6.54 Å². The fourth-order valence-corrected chi connectivity index (χ4v) is 1.08. The molecule has 8 heteroatoms. The number of carbonyl (C=O) groups is 1. The maximum absolute atomic E-state index is 11.5. The molecular weight excluding hydrogens is 226 g/mol. The first kappa shape index (κ1) is 12.7. The molecule has 0 bridgehead atoms. The highest BCUT2D eigenvalue weighted by atomic mass is 16.4. The largest absolute Gasteiger partial charge is 0.409 e. The van der Waals surface area contributed by atoms with E-state index in [1.165, 1.54) is 12.1 Å². The Kier molecular flexibility index (Phi) is 4.67. The summed E-state index contributed by atoms with van der Waals surface area (Å²) in [5.41, 5.74) is 5.02. The molecule has 1 aromatic heterocycles. The summed E-state index contributed by atoms with van der Waals surface area (Å²) in [5, 5.41) is 19.4. The zero-order chi connectivity index (χ0) is 12.7. The summed E-state index contributed by atoms with van der Waals surface area (Å²) >= 11 is 0. The number of aromatic amines is 1. The summed E-state index contributed by atoms with van der Waals surface area (Å²) in [6, 6.07) is 2.55. The topological polar surface area (TPSA) is 133 Å². The minimum Gasteiger partial charge on any atom is -0.409 e. The van der Waals surface area contributed by atoms with Gasteiger partial charge in [0.05, 0.1) is 0 Å². The fourth-order valence-electron chi connectivity index (χ4n) is 1.08. The van der Waals surface area contributed by atoms with Gasteiger partial charge in [0.15, 0.2) is 0 Å². The average molecular weight is 239 g/mol. The predicted octanol–water partition coefficient (Wildman–Crippen LogP) is -0.974. The summed E-state index contributed by atoms with van der Waals surface area (Å²) in [4.78, 5) is 22.2. The molecule has 0 aromatic carbocycles. The van der Waals surface area contributed by atoms with Crippen LogP contribution in [0.25, 0.3) is 0 Å². The number of amides is 1. The van der Waals surface area contributed by atoms with Crippen molar-refractivity contribution in [3.05, 3.63) is 28.2 Å². The van der Waals surface area contributed by atoms with E-state index in [1.54, 1.807) is 0 Å². The van der Waals surface area contributed by atoms with E-state index < -0.39 is 0 Å². The van der Waals surface area contributed by atoms with Gasteiger partial charge in [-0.3, -0.25) is 9.59 Å². The Labute approximate surface area is 96.5 Å². The molecule has 0 fully saturated rings. The lowest BCUT2D eigenvalue weighted by molar-refractivity contribution is 0.0947. The van der Waals surface area contributed by atoms with E-state index in [-0.39, 0.29) is 23.0 Å². The van der Waals surface area contributed by atoms with Gasteiger partial charge >= 0.3 is 0 Å². The Bertz CT molecular complexity index is 447. The molecule has 1 rings (SSSR count). The van der Waals surface area contributed by atoms with Gasteiger partial charge in [-0.15, -0.1) is 0 Å².